The number of hydrogen-bond donors (Lipinski definition) is 1. The highest BCUT2D eigenvalue weighted by molar-refractivity contribution is 6.32. The lowest BCUT2D eigenvalue weighted by Gasteiger charge is -2.31. The minimum Gasteiger partial charge on any atom is -0.495 e. The molecule has 0 saturated carbocycles. The maximum atomic E-state index is 14.6. The van der Waals surface area contributed by atoms with Crippen molar-refractivity contribution in [1.82, 2.24) is 24.9 Å². The lowest BCUT2D eigenvalue weighted by atomic mass is 10.0. The predicted molar refractivity (Wildman–Crippen MR) is 146 cm³/mol. The highest BCUT2D eigenvalue weighted by Gasteiger charge is 2.38. The van der Waals surface area contributed by atoms with Crippen LogP contribution in [0.15, 0.2) is 73.2 Å². The number of fused-ring (bicyclic) bond motifs is 3. The molecule has 2 saturated heterocycles. The van der Waals surface area contributed by atoms with Crippen molar-refractivity contribution in [1.29, 1.82) is 0 Å². The molecule has 2 aliphatic heterocycles. The van der Waals surface area contributed by atoms with E-state index in [2.05, 4.69) is 15.2 Å². The molecule has 0 aliphatic carbocycles. The minimum atomic E-state index is -0.253. The number of aromatic nitrogens is 4. The van der Waals surface area contributed by atoms with Crippen LogP contribution in [-0.4, -0.2) is 51.9 Å². The van der Waals surface area contributed by atoms with Gasteiger partial charge in [0.25, 0.3) is 0 Å². The molecule has 2 atom stereocenters. The van der Waals surface area contributed by atoms with Crippen molar-refractivity contribution in [3.63, 3.8) is 0 Å². The Bertz CT molecular complexity index is 1670. The Kier molecular flexibility index (Phi) is 5.52. The first-order valence-corrected chi connectivity index (χ1v) is 12.9. The fraction of sp³-hybridized carbons (Fsp3) is 0.207. The van der Waals surface area contributed by atoms with Gasteiger partial charge in [-0.1, -0.05) is 17.7 Å². The van der Waals surface area contributed by atoms with Gasteiger partial charge in [0, 0.05) is 60.6 Å². The molecular weight excluding hydrogens is 503 g/mol. The van der Waals surface area contributed by atoms with Crippen LogP contribution < -0.4 is 15.0 Å². The first kappa shape index (κ1) is 23.1. The maximum absolute atomic E-state index is 14.6. The van der Waals surface area contributed by atoms with E-state index in [0.717, 1.165) is 58.8 Å². The van der Waals surface area contributed by atoms with E-state index in [0.29, 0.717) is 28.5 Å². The van der Waals surface area contributed by atoms with Crippen molar-refractivity contribution in [2.75, 3.05) is 25.1 Å². The molecule has 9 heteroatoms. The summed E-state index contributed by atoms with van der Waals surface area (Å²) in [5.41, 5.74) is 6.69. The third-order valence-electron chi connectivity index (χ3n) is 7.51. The van der Waals surface area contributed by atoms with Crippen molar-refractivity contribution in [2.24, 2.45) is 0 Å². The Morgan fingerprint density at radius 1 is 1.03 bits per heavy atom. The molecule has 2 fully saturated rings. The van der Waals surface area contributed by atoms with Crippen LogP contribution >= 0.6 is 11.6 Å². The fourth-order valence-corrected chi connectivity index (χ4v) is 5.95. The Morgan fingerprint density at radius 2 is 1.89 bits per heavy atom. The largest absolute Gasteiger partial charge is 0.495 e. The number of halogens is 2. The van der Waals surface area contributed by atoms with Crippen molar-refractivity contribution < 1.29 is 9.13 Å². The summed E-state index contributed by atoms with van der Waals surface area (Å²) in [7, 11) is 1.60. The van der Waals surface area contributed by atoms with Crippen molar-refractivity contribution >= 4 is 22.9 Å². The summed E-state index contributed by atoms with van der Waals surface area (Å²) in [6.45, 7) is 1.76. The molecule has 5 aromatic rings. The fourth-order valence-electron chi connectivity index (χ4n) is 5.76. The van der Waals surface area contributed by atoms with Gasteiger partial charge in [-0.05, 0) is 60.5 Å². The van der Waals surface area contributed by atoms with Crippen LogP contribution in [-0.2, 0) is 0 Å². The van der Waals surface area contributed by atoms with Crippen molar-refractivity contribution in [2.45, 2.75) is 18.5 Å². The molecule has 2 aliphatic rings. The molecule has 0 unspecified atom stereocenters. The third-order valence-corrected chi connectivity index (χ3v) is 7.83. The van der Waals surface area contributed by atoms with Crippen LogP contribution in [0.1, 0.15) is 6.42 Å². The Balaban J connectivity index is 1.48. The Hall–Kier alpha value is -4.01. The number of piperazine rings is 1. The van der Waals surface area contributed by atoms with E-state index in [1.807, 2.05) is 47.0 Å². The molecule has 190 valence electrons. The van der Waals surface area contributed by atoms with Gasteiger partial charge in [0.05, 0.1) is 23.4 Å². The van der Waals surface area contributed by atoms with Crippen molar-refractivity contribution in [3.8, 4) is 39.4 Å². The zero-order valence-corrected chi connectivity index (χ0v) is 21.4. The van der Waals surface area contributed by atoms with Crippen LogP contribution in [0.4, 0.5) is 10.1 Å². The highest BCUT2D eigenvalue weighted by atomic mass is 35.5. The van der Waals surface area contributed by atoms with Gasteiger partial charge in [-0.3, -0.25) is 4.98 Å². The van der Waals surface area contributed by atoms with E-state index >= 15 is 0 Å². The smallest absolute Gasteiger partial charge is 0.164 e. The van der Waals surface area contributed by atoms with E-state index in [-0.39, 0.29) is 5.82 Å². The number of nitrogens with one attached hydrogen (secondary N) is 1. The van der Waals surface area contributed by atoms with E-state index in [1.54, 1.807) is 31.8 Å². The van der Waals surface area contributed by atoms with E-state index in [9.17, 15) is 4.39 Å². The second-order valence-electron chi connectivity index (χ2n) is 9.68. The first-order valence-electron chi connectivity index (χ1n) is 12.5. The quantitative estimate of drug-likeness (QED) is 0.327. The van der Waals surface area contributed by atoms with Gasteiger partial charge in [0.1, 0.15) is 17.3 Å². The molecular formula is C29H24ClFN6O. The Labute approximate surface area is 223 Å². The summed E-state index contributed by atoms with van der Waals surface area (Å²) in [6.07, 6.45) is 6.34. The predicted octanol–water partition coefficient (Wildman–Crippen LogP) is 5.48. The lowest BCUT2D eigenvalue weighted by Crippen LogP contribution is -2.43. The van der Waals surface area contributed by atoms with Gasteiger partial charge in [-0.15, -0.1) is 0 Å². The number of nitrogens with zero attached hydrogens (tertiary/aromatic N) is 5. The van der Waals surface area contributed by atoms with Crippen LogP contribution in [0.5, 0.6) is 5.75 Å². The monoisotopic (exact) mass is 526 g/mol. The summed E-state index contributed by atoms with van der Waals surface area (Å²) in [5, 5.41) is 9.14. The van der Waals surface area contributed by atoms with Gasteiger partial charge in [-0.2, -0.15) is 5.10 Å². The van der Waals surface area contributed by atoms with Gasteiger partial charge >= 0.3 is 0 Å². The van der Waals surface area contributed by atoms with Crippen LogP contribution in [0, 0.1) is 5.82 Å². The molecule has 38 heavy (non-hydrogen) atoms. The summed E-state index contributed by atoms with van der Waals surface area (Å²) in [5.74, 6) is 0.315. The topological polar surface area (TPSA) is 67.6 Å². The van der Waals surface area contributed by atoms with Gasteiger partial charge in [0.15, 0.2) is 5.65 Å². The first-order chi connectivity index (χ1) is 18.6. The molecule has 2 bridgehead atoms. The van der Waals surface area contributed by atoms with Crippen LogP contribution in [0.3, 0.4) is 0 Å². The lowest BCUT2D eigenvalue weighted by molar-refractivity contribution is 0.415. The zero-order valence-electron chi connectivity index (χ0n) is 20.6. The normalized spacial score (nSPS) is 18.4. The van der Waals surface area contributed by atoms with E-state index < -0.39 is 0 Å². The molecule has 5 heterocycles. The minimum absolute atomic E-state index is 0.253. The molecule has 2 aromatic carbocycles. The SMILES string of the molecule is COc1cc(-c2c(-c3ccncc3)nn3c(-c4ccc(F)cc4N4C[C@@H]5C[C@H]4CN5)ccnc23)ccc1Cl. The number of rotatable bonds is 5. The number of ether oxygens (including phenoxy) is 1. The number of benzene rings is 2. The number of hydrogen-bond acceptors (Lipinski definition) is 6. The summed E-state index contributed by atoms with van der Waals surface area (Å²) in [4.78, 5) is 11.3. The number of methoxy groups -OCH3 is 1. The molecule has 1 N–H and O–H groups in total. The molecule has 0 spiro atoms. The Morgan fingerprint density at radius 3 is 2.66 bits per heavy atom. The molecule has 0 radical (unpaired) electrons. The van der Waals surface area contributed by atoms with E-state index in [4.69, 9.17) is 26.4 Å². The summed E-state index contributed by atoms with van der Waals surface area (Å²) < 4.78 is 21.9. The van der Waals surface area contributed by atoms with Gasteiger partial charge in [-0.25, -0.2) is 13.9 Å². The molecule has 7 rings (SSSR count). The third kappa shape index (κ3) is 3.71. The van der Waals surface area contributed by atoms with Crippen molar-refractivity contribution in [3.05, 3.63) is 84.0 Å². The van der Waals surface area contributed by atoms with Crippen LogP contribution in [0.2, 0.25) is 5.02 Å². The molecule has 0 amide bonds. The molecule has 7 nitrogen and oxygen atoms in total. The van der Waals surface area contributed by atoms with Gasteiger partial charge in [0.2, 0.25) is 0 Å². The zero-order chi connectivity index (χ0) is 25.8. The second-order valence-corrected chi connectivity index (χ2v) is 10.1. The average Bonchev–Trinajstić information content (AvgIpc) is 3.68. The number of pyridine rings is 1. The van der Waals surface area contributed by atoms with Crippen LogP contribution in [0.25, 0.3) is 39.3 Å². The summed E-state index contributed by atoms with van der Waals surface area (Å²) in [6, 6.07) is 17.2. The second kappa shape index (κ2) is 9.08. The summed E-state index contributed by atoms with van der Waals surface area (Å²) >= 11 is 6.35. The van der Waals surface area contributed by atoms with E-state index in [1.165, 1.54) is 6.07 Å². The highest BCUT2D eigenvalue weighted by Crippen LogP contribution is 2.41. The van der Waals surface area contributed by atoms with Gasteiger partial charge < -0.3 is 15.0 Å². The standard InChI is InChI=1S/C29H24ClFN6O/c1-38-26-12-18(2-5-23(26)30)27-28(17-6-9-32-10-7-17)35-37-24(8-11-33-29(27)37)22-4-3-19(31)13-25(22)36-16-20-14-21(36)15-34-20/h2-13,20-21,34H,14-16H2,1H3/t20-,21-/m0/s1. The average molecular weight is 527 g/mol. The number of anilines is 1. The maximum Gasteiger partial charge on any atom is 0.164 e. The molecule has 3 aromatic heterocycles.